The van der Waals surface area contributed by atoms with Gasteiger partial charge in [0.25, 0.3) is 0 Å². The van der Waals surface area contributed by atoms with Gasteiger partial charge in [-0.2, -0.15) is 0 Å². The lowest BCUT2D eigenvalue weighted by atomic mass is 10.2. The predicted molar refractivity (Wildman–Crippen MR) is 84.1 cm³/mol. The van der Waals surface area contributed by atoms with Crippen LogP contribution in [-0.4, -0.2) is 19.1 Å². The molecule has 0 saturated heterocycles. The molecule has 0 aromatic heterocycles. The fourth-order valence-electron chi connectivity index (χ4n) is 2.54. The van der Waals surface area contributed by atoms with Crippen LogP contribution in [0.4, 0.5) is 5.69 Å². The van der Waals surface area contributed by atoms with E-state index in [2.05, 4.69) is 0 Å². The Bertz CT molecular complexity index is 642. The maximum Gasteiger partial charge on any atom is 0.230 e. The first-order valence-electron chi connectivity index (χ1n) is 7.01. The Hall–Kier alpha value is -2.00. The zero-order valence-electron chi connectivity index (χ0n) is 11.6. The Morgan fingerprint density at radius 2 is 2.00 bits per heavy atom. The molecule has 1 aliphatic rings. The average molecular weight is 302 g/mol. The van der Waals surface area contributed by atoms with Crippen LogP contribution >= 0.6 is 11.6 Å². The van der Waals surface area contributed by atoms with Gasteiger partial charge in [0, 0.05) is 17.3 Å². The highest BCUT2D eigenvalue weighted by molar-refractivity contribution is 6.30. The summed E-state index contributed by atoms with van der Waals surface area (Å²) < 4.78 is 5.57. The number of ether oxygens (including phenoxy) is 1. The van der Waals surface area contributed by atoms with E-state index < -0.39 is 0 Å². The quantitative estimate of drug-likeness (QED) is 0.862. The Balaban J connectivity index is 1.58. The van der Waals surface area contributed by atoms with E-state index in [-0.39, 0.29) is 5.91 Å². The minimum atomic E-state index is 0.0898. The predicted octanol–water partition coefficient (Wildman–Crippen LogP) is 3.70. The summed E-state index contributed by atoms with van der Waals surface area (Å²) in [5, 5.41) is 0.718. The Morgan fingerprint density at radius 3 is 2.81 bits per heavy atom. The molecular formula is C17H16ClNO2. The van der Waals surface area contributed by atoms with Gasteiger partial charge < -0.3 is 9.64 Å². The lowest BCUT2D eigenvalue weighted by molar-refractivity contribution is -0.119. The third kappa shape index (κ3) is 3.19. The van der Waals surface area contributed by atoms with Crippen molar-refractivity contribution >= 4 is 23.2 Å². The van der Waals surface area contributed by atoms with Crippen LogP contribution in [0, 0.1) is 0 Å². The number of carbonyl (C=O) groups is 1. The minimum absolute atomic E-state index is 0.0898. The van der Waals surface area contributed by atoms with Gasteiger partial charge in [-0.25, -0.2) is 0 Å². The van der Waals surface area contributed by atoms with Crippen LogP contribution in [0.2, 0.25) is 5.02 Å². The topological polar surface area (TPSA) is 29.5 Å². The van der Waals surface area contributed by atoms with Crippen LogP contribution in [0.1, 0.15) is 12.0 Å². The van der Waals surface area contributed by atoms with Crippen molar-refractivity contribution in [2.45, 2.75) is 12.8 Å². The number of anilines is 1. The zero-order chi connectivity index (χ0) is 14.7. The molecule has 0 bridgehead atoms. The molecule has 0 radical (unpaired) electrons. The maximum absolute atomic E-state index is 12.3. The van der Waals surface area contributed by atoms with E-state index in [9.17, 15) is 4.79 Å². The van der Waals surface area contributed by atoms with Crippen molar-refractivity contribution in [3.63, 3.8) is 0 Å². The summed E-state index contributed by atoms with van der Waals surface area (Å²) in [7, 11) is 0. The molecule has 0 fully saturated rings. The molecule has 0 saturated carbocycles. The molecule has 0 spiro atoms. The van der Waals surface area contributed by atoms with E-state index in [4.69, 9.17) is 16.3 Å². The molecule has 0 atom stereocenters. The smallest absolute Gasteiger partial charge is 0.230 e. The van der Waals surface area contributed by atoms with E-state index in [1.807, 2.05) is 53.4 Å². The molecule has 0 N–H and O–H groups in total. The first-order valence-corrected chi connectivity index (χ1v) is 7.38. The molecule has 1 aliphatic heterocycles. The number of benzene rings is 2. The second-order valence-electron chi connectivity index (χ2n) is 4.98. The van der Waals surface area contributed by atoms with Crippen molar-refractivity contribution in [3.8, 4) is 5.75 Å². The van der Waals surface area contributed by atoms with E-state index >= 15 is 0 Å². The first-order chi connectivity index (χ1) is 10.2. The van der Waals surface area contributed by atoms with E-state index in [1.54, 1.807) is 0 Å². The summed E-state index contributed by atoms with van der Waals surface area (Å²) in [6.45, 7) is 1.11. The van der Waals surface area contributed by atoms with Crippen molar-refractivity contribution in [1.82, 2.24) is 0 Å². The maximum atomic E-state index is 12.3. The van der Waals surface area contributed by atoms with E-state index in [0.29, 0.717) is 13.0 Å². The van der Waals surface area contributed by atoms with Crippen LogP contribution in [0.5, 0.6) is 5.75 Å². The van der Waals surface area contributed by atoms with Gasteiger partial charge in [0.05, 0.1) is 13.0 Å². The molecule has 0 aliphatic carbocycles. The van der Waals surface area contributed by atoms with Gasteiger partial charge >= 0.3 is 0 Å². The lowest BCUT2D eigenvalue weighted by Gasteiger charge is -2.17. The van der Waals surface area contributed by atoms with Crippen molar-refractivity contribution in [3.05, 3.63) is 59.1 Å². The van der Waals surface area contributed by atoms with Crippen molar-refractivity contribution < 1.29 is 9.53 Å². The molecule has 4 heteroatoms. The van der Waals surface area contributed by atoms with Crippen LogP contribution in [0.3, 0.4) is 0 Å². The van der Waals surface area contributed by atoms with E-state index in [1.165, 1.54) is 0 Å². The highest BCUT2D eigenvalue weighted by atomic mass is 35.5. The van der Waals surface area contributed by atoms with Gasteiger partial charge in [-0.15, -0.1) is 0 Å². The molecular weight excluding hydrogens is 286 g/mol. The normalized spacial score (nSPS) is 13.1. The number of amides is 1. The van der Waals surface area contributed by atoms with Crippen molar-refractivity contribution in [2.24, 2.45) is 0 Å². The van der Waals surface area contributed by atoms with Crippen LogP contribution in [0.15, 0.2) is 48.5 Å². The summed E-state index contributed by atoms with van der Waals surface area (Å²) >= 11 is 5.98. The van der Waals surface area contributed by atoms with Gasteiger partial charge in [0.1, 0.15) is 5.75 Å². The number of para-hydroxylation sites is 1. The second-order valence-corrected chi connectivity index (χ2v) is 5.42. The number of hydrogen-bond acceptors (Lipinski definition) is 2. The number of fused-ring (bicyclic) bond motifs is 1. The zero-order valence-corrected chi connectivity index (χ0v) is 12.3. The number of carbonyl (C=O) groups excluding carboxylic acids is 1. The average Bonchev–Trinajstić information content (AvgIpc) is 2.91. The SMILES string of the molecule is O=C(CCOc1ccccc1)N1CCc2cc(Cl)ccc21. The number of nitrogens with zero attached hydrogens (tertiary/aromatic N) is 1. The number of halogens is 1. The van der Waals surface area contributed by atoms with Gasteiger partial charge in [0.15, 0.2) is 0 Å². The molecule has 0 unspecified atom stereocenters. The van der Waals surface area contributed by atoms with Crippen molar-refractivity contribution in [1.29, 1.82) is 0 Å². The molecule has 3 nitrogen and oxygen atoms in total. The number of rotatable bonds is 4. The summed E-state index contributed by atoms with van der Waals surface area (Å²) in [6.07, 6.45) is 1.23. The summed E-state index contributed by atoms with van der Waals surface area (Å²) in [5.41, 5.74) is 2.11. The Morgan fingerprint density at radius 1 is 1.19 bits per heavy atom. The van der Waals surface area contributed by atoms with E-state index in [0.717, 1.165) is 35.0 Å². The van der Waals surface area contributed by atoms with Crippen LogP contribution in [0.25, 0.3) is 0 Å². The third-order valence-corrected chi connectivity index (χ3v) is 3.80. The fourth-order valence-corrected chi connectivity index (χ4v) is 2.73. The van der Waals surface area contributed by atoms with Crippen LogP contribution < -0.4 is 9.64 Å². The van der Waals surface area contributed by atoms with Crippen LogP contribution in [-0.2, 0) is 11.2 Å². The van der Waals surface area contributed by atoms with Gasteiger partial charge in [-0.3, -0.25) is 4.79 Å². The highest BCUT2D eigenvalue weighted by Gasteiger charge is 2.24. The third-order valence-electron chi connectivity index (χ3n) is 3.57. The largest absolute Gasteiger partial charge is 0.493 e. The van der Waals surface area contributed by atoms with Gasteiger partial charge in [-0.1, -0.05) is 29.8 Å². The minimum Gasteiger partial charge on any atom is -0.493 e. The molecule has 1 amide bonds. The second kappa shape index (κ2) is 6.19. The molecule has 1 heterocycles. The lowest BCUT2D eigenvalue weighted by Crippen LogP contribution is -2.30. The Labute approximate surface area is 129 Å². The summed E-state index contributed by atoms with van der Waals surface area (Å²) in [6, 6.07) is 15.2. The molecule has 21 heavy (non-hydrogen) atoms. The van der Waals surface area contributed by atoms with Gasteiger partial charge in [-0.05, 0) is 42.3 Å². The molecule has 3 rings (SSSR count). The van der Waals surface area contributed by atoms with Gasteiger partial charge in [0.2, 0.25) is 5.91 Å². The van der Waals surface area contributed by atoms with Crippen molar-refractivity contribution in [2.75, 3.05) is 18.1 Å². The Kier molecular flexibility index (Phi) is 4.11. The summed E-state index contributed by atoms with van der Waals surface area (Å²) in [5.74, 6) is 0.880. The monoisotopic (exact) mass is 301 g/mol. The molecule has 2 aromatic carbocycles. The summed E-state index contributed by atoms with van der Waals surface area (Å²) in [4.78, 5) is 14.1. The molecule has 2 aromatic rings. The number of hydrogen-bond donors (Lipinski definition) is 0. The standard InChI is InChI=1S/C17H16ClNO2/c18-14-6-7-16-13(12-14)8-10-19(16)17(20)9-11-21-15-4-2-1-3-5-15/h1-7,12H,8-11H2. The fraction of sp³-hybridized carbons (Fsp3) is 0.235. The molecule has 108 valence electrons. The first kappa shape index (κ1) is 14.0. The highest BCUT2D eigenvalue weighted by Crippen LogP contribution is 2.30.